The van der Waals surface area contributed by atoms with Crippen LogP contribution in [0.1, 0.15) is 0 Å². The van der Waals surface area contributed by atoms with Crippen molar-refractivity contribution in [1.82, 2.24) is 0 Å². The molecule has 0 heterocycles. The molecule has 0 fully saturated rings. The van der Waals surface area contributed by atoms with Crippen molar-refractivity contribution in [2.75, 3.05) is 0 Å². The molecule has 0 saturated carbocycles. The third-order valence-corrected chi connectivity index (χ3v) is 3.68. The summed E-state index contributed by atoms with van der Waals surface area (Å²) in [6, 6.07) is 17.7. The second kappa shape index (κ2) is 7.38. The van der Waals surface area contributed by atoms with Gasteiger partial charge in [-0.15, -0.1) is 0 Å². The highest BCUT2D eigenvalue weighted by molar-refractivity contribution is 5.65. The summed E-state index contributed by atoms with van der Waals surface area (Å²) < 4.78 is 72.8. The van der Waals surface area contributed by atoms with E-state index in [1.807, 2.05) is 0 Å². The van der Waals surface area contributed by atoms with Crippen LogP contribution in [0.25, 0.3) is 11.1 Å². The quantitative estimate of drug-likeness (QED) is 0.508. The van der Waals surface area contributed by atoms with Crippen LogP contribution in [-0.4, -0.2) is 17.4 Å². The summed E-state index contributed by atoms with van der Waals surface area (Å²) >= 11 is 0. The van der Waals surface area contributed by atoms with Crippen LogP contribution >= 0.6 is 0 Å². The van der Waals surface area contributed by atoms with Crippen LogP contribution in [0.15, 0.2) is 72.8 Å². The van der Waals surface area contributed by atoms with E-state index in [0.29, 0.717) is 0 Å². The van der Waals surface area contributed by atoms with Crippen LogP contribution in [0, 0.1) is 0 Å². The minimum atomic E-state index is -5.86. The van der Waals surface area contributed by atoms with Crippen molar-refractivity contribution in [3.63, 3.8) is 0 Å². The molecule has 3 aromatic rings. The Bertz CT molecular complexity index is 953. The molecule has 0 aromatic heterocycles. The molecule has 3 nitrogen and oxygen atoms in total. The van der Waals surface area contributed by atoms with Gasteiger partial charge in [0.1, 0.15) is 11.5 Å². The Balaban J connectivity index is 1.81. The molecule has 3 aromatic carbocycles. The van der Waals surface area contributed by atoms with Crippen LogP contribution in [-0.2, 0) is 0 Å². The first-order valence-electron chi connectivity index (χ1n) is 7.96. The molecule has 1 N–H and O–H groups in total. The average molecular weight is 396 g/mol. The van der Waals surface area contributed by atoms with Crippen LogP contribution in [0.3, 0.4) is 0 Å². The number of phenols is 1. The molecule has 0 saturated heterocycles. The number of hydrogen-bond donors (Lipinski definition) is 1. The van der Waals surface area contributed by atoms with Crippen molar-refractivity contribution >= 4 is 0 Å². The number of phenolic OH excluding ortho intramolecular Hbond substituents is 1. The third kappa shape index (κ3) is 4.33. The highest BCUT2D eigenvalue weighted by Crippen LogP contribution is 2.41. The first-order valence-corrected chi connectivity index (χ1v) is 7.96. The predicted molar refractivity (Wildman–Crippen MR) is 91.7 cm³/mol. The van der Waals surface area contributed by atoms with E-state index >= 15 is 0 Å². The van der Waals surface area contributed by atoms with Gasteiger partial charge in [-0.3, -0.25) is 0 Å². The van der Waals surface area contributed by atoms with Gasteiger partial charge < -0.3 is 14.6 Å². The number of para-hydroxylation sites is 2. The van der Waals surface area contributed by atoms with E-state index in [1.54, 1.807) is 30.3 Å². The lowest BCUT2D eigenvalue weighted by Gasteiger charge is -2.21. The van der Waals surface area contributed by atoms with Gasteiger partial charge >= 0.3 is 12.3 Å². The zero-order valence-electron chi connectivity index (χ0n) is 14.1. The first-order chi connectivity index (χ1) is 13.2. The standard InChI is InChI=1S/C20H13F5O3/c21-19(22,23)20(24,25)28-18-7-2-1-6-17(18)27-16-10-8-13(9-11-16)14-4-3-5-15(26)12-14/h1-12,26H. The van der Waals surface area contributed by atoms with Gasteiger partial charge in [-0.05, 0) is 47.5 Å². The normalized spacial score (nSPS) is 11.9. The summed E-state index contributed by atoms with van der Waals surface area (Å²) in [5.41, 5.74) is 1.48. The van der Waals surface area contributed by atoms with Crippen molar-refractivity contribution in [2.45, 2.75) is 12.3 Å². The number of halogens is 5. The minimum Gasteiger partial charge on any atom is -0.508 e. The van der Waals surface area contributed by atoms with Crippen LogP contribution in [0.2, 0.25) is 0 Å². The number of alkyl halides is 5. The lowest BCUT2D eigenvalue weighted by atomic mass is 10.1. The maximum Gasteiger partial charge on any atom is 0.499 e. The third-order valence-electron chi connectivity index (χ3n) is 3.68. The molecule has 0 spiro atoms. The molecule has 28 heavy (non-hydrogen) atoms. The number of benzene rings is 3. The van der Waals surface area contributed by atoms with Gasteiger partial charge in [0.2, 0.25) is 0 Å². The maximum atomic E-state index is 13.2. The molecular weight excluding hydrogens is 383 g/mol. The van der Waals surface area contributed by atoms with Gasteiger partial charge in [0.15, 0.2) is 11.5 Å². The largest absolute Gasteiger partial charge is 0.508 e. The van der Waals surface area contributed by atoms with Gasteiger partial charge in [0.05, 0.1) is 0 Å². The molecule has 0 atom stereocenters. The highest BCUT2D eigenvalue weighted by Gasteiger charge is 2.61. The van der Waals surface area contributed by atoms with Crippen molar-refractivity contribution in [1.29, 1.82) is 0 Å². The van der Waals surface area contributed by atoms with E-state index in [-0.39, 0.29) is 17.2 Å². The summed E-state index contributed by atoms with van der Waals surface area (Å²) in [4.78, 5) is 0. The van der Waals surface area contributed by atoms with E-state index in [9.17, 15) is 27.1 Å². The van der Waals surface area contributed by atoms with E-state index in [0.717, 1.165) is 17.2 Å². The molecule has 0 bridgehead atoms. The summed E-state index contributed by atoms with van der Waals surface area (Å²) in [5, 5.41) is 9.52. The number of rotatable bonds is 5. The molecule has 0 aliphatic rings. The Kier molecular flexibility index (Phi) is 5.13. The molecule has 0 aliphatic heterocycles. The lowest BCUT2D eigenvalue weighted by Crippen LogP contribution is -2.41. The Morgan fingerprint density at radius 1 is 0.679 bits per heavy atom. The minimum absolute atomic E-state index is 0.0921. The molecule has 8 heteroatoms. The lowest BCUT2D eigenvalue weighted by molar-refractivity contribution is -0.360. The molecule has 0 unspecified atom stereocenters. The summed E-state index contributed by atoms with van der Waals surface area (Å²) in [7, 11) is 0. The molecule has 3 rings (SSSR count). The van der Waals surface area contributed by atoms with Crippen molar-refractivity contribution < 1.29 is 36.5 Å². The number of hydrogen-bond acceptors (Lipinski definition) is 3. The van der Waals surface area contributed by atoms with Crippen LogP contribution in [0.4, 0.5) is 22.0 Å². The van der Waals surface area contributed by atoms with Gasteiger partial charge in [-0.25, -0.2) is 0 Å². The Morgan fingerprint density at radius 2 is 1.32 bits per heavy atom. The molecule has 0 aliphatic carbocycles. The van der Waals surface area contributed by atoms with E-state index in [2.05, 4.69) is 4.74 Å². The smallest absolute Gasteiger partial charge is 0.499 e. The Morgan fingerprint density at radius 3 is 1.93 bits per heavy atom. The number of ether oxygens (including phenoxy) is 2. The maximum absolute atomic E-state index is 13.2. The second-order valence-electron chi connectivity index (χ2n) is 5.74. The fraction of sp³-hybridized carbons (Fsp3) is 0.100. The fourth-order valence-electron chi connectivity index (χ4n) is 2.34. The van der Waals surface area contributed by atoms with Gasteiger partial charge in [-0.2, -0.15) is 22.0 Å². The summed E-state index contributed by atoms with van der Waals surface area (Å²) in [6.45, 7) is 0. The highest BCUT2D eigenvalue weighted by atomic mass is 19.4. The van der Waals surface area contributed by atoms with Gasteiger partial charge in [0, 0.05) is 0 Å². The van der Waals surface area contributed by atoms with Crippen LogP contribution < -0.4 is 9.47 Å². The van der Waals surface area contributed by atoms with Crippen molar-refractivity contribution in [2.24, 2.45) is 0 Å². The second-order valence-corrected chi connectivity index (χ2v) is 5.74. The van der Waals surface area contributed by atoms with Crippen molar-refractivity contribution in [3.8, 4) is 34.1 Å². The van der Waals surface area contributed by atoms with E-state index in [1.165, 1.54) is 36.4 Å². The average Bonchev–Trinajstić information content (AvgIpc) is 2.63. The zero-order valence-corrected chi connectivity index (χ0v) is 14.1. The van der Waals surface area contributed by atoms with E-state index < -0.39 is 18.0 Å². The van der Waals surface area contributed by atoms with Gasteiger partial charge in [0.25, 0.3) is 0 Å². The molecule has 0 amide bonds. The molecule has 0 radical (unpaired) electrons. The predicted octanol–water partition coefficient (Wildman–Crippen LogP) is 6.39. The topological polar surface area (TPSA) is 38.7 Å². The van der Waals surface area contributed by atoms with Crippen molar-refractivity contribution in [3.05, 3.63) is 72.8 Å². The SMILES string of the molecule is Oc1cccc(-c2ccc(Oc3ccccc3OC(F)(F)C(F)(F)F)cc2)c1. The van der Waals surface area contributed by atoms with Crippen LogP contribution in [0.5, 0.6) is 23.0 Å². The Labute approximate surface area is 156 Å². The fourth-order valence-corrected chi connectivity index (χ4v) is 2.34. The summed E-state index contributed by atoms with van der Waals surface area (Å²) in [6.07, 6.45) is -11.2. The molecular formula is C20H13F5O3. The first kappa shape index (κ1) is 19.5. The van der Waals surface area contributed by atoms with Gasteiger partial charge in [-0.1, -0.05) is 36.4 Å². The molecule has 146 valence electrons. The summed E-state index contributed by atoms with van der Waals surface area (Å²) in [5.74, 6) is -0.747. The zero-order chi connectivity index (χ0) is 20.4. The number of aromatic hydroxyl groups is 1. The monoisotopic (exact) mass is 396 g/mol. The Hall–Kier alpha value is -3.29. The van der Waals surface area contributed by atoms with E-state index in [4.69, 9.17) is 4.74 Å².